The van der Waals surface area contributed by atoms with Gasteiger partial charge in [-0.1, -0.05) is 15.9 Å². The molecule has 0 aliphatic carbocycles. The average Bonchev–Trinajstić information content (AvgIpc) is 1.87. The van der Waals surface area contributed by atoms with Crippen LogP contribution in [0.4, 0.5) is 0 Å². The molecule has 0 radical (unpaired) electrons. The average molecular weight is 229 g/mol. The standard InChI is InChI=1S/C5H7BrN2O2.Na/c6-3-5(10)8-2-1-4(7)9;/h1-2H,3H2,(H3,7,8,9,10);/q;+1/p-1. The Labute approximate surface area is 95.0 Å². The molecule has 0 bridgehead atoms. The van der Waals surface area contributed by atoms with Crippen LogP contribution in [0.25, 0.3) is 5.73 Å². The van der Waals surface area contributed by atoms with Crippen molar-refractivity contribution in [1.82, 2.24) is 5.32 Å². The van der Waals surface area contributed by atoms with Crippen LogP contribution in [0.3, 0.4) is 0 Å². The maximum absolute atomic E-state index is 10.4. The van der Waals surface area contributed by atoms with Crippen LogP contribution in [-0.4, -0.2) is 17.1 Å². The third-order valence-corrected chi connectivity index (χ3v) is 1.11. The van der Waals surface area contributed by atoms with Crippen molar-refractivity contribution in [1.29, 1.82) is 0 Å². The molecule has 4 nitrogen and oxygen atoms in total. The van der Waals surface area contributed by atoms with Crippen molar-refractivity contribution in [3.05, 3.63) is 18.0 Å². The molecule has 0 fully saturated rings. The van der Waals surface area contributed by atoms with E-state index in [1.54, 1.807) is 0 Å². The van der Waals surface area contributed by atoms with Crippen molar-refractivity contribution in [2.24, 2.45) is 0 Å². The summed E-state index contributed by atoms with van der Waals surface area (Å²) < 4.78 is 0. The predicted molar refractivity (Wildman–Crippen MR) is 40.4 cm³/mol. The van der Waals surface area contributed by atoms with Gasteiger partial charge in [0.1, 0.15) is 0 Å². The minimum Gasteiger partial charge on any atom is -0.664 e. The van der Waals surface area contributed by atoms with Gasteiger partial charge in [0.05, 0.1) is 11.2 Å². The van der Waals surface area contributed by atoms with Crippen LogP contribution in [0.5, 0.6) is 0 Å². The molecule has 0 atom stereocenters. The first kappa shape index (κ1) is 13.7. The van der Waals surface area contributed by atoms with E-state index in [2.05, 4.69) is 21.2 Å². The van der Waals surface area contributed by atoms with Crippen molar-refractivity contribution in [3.8, 4) is 0 Å². The SMILES string of the molecule is [NH-]C(=O)C=CNC(=O)CBr.[Na+]. The molecule has 0 aliphatic rings. The third-order valence-electron chi connectivity index (χ3n) is 0.600. The number of hydrogen-bond acceptors (Lipinski definition) is 2. The van der Waals surface area contributed by atoms with Crippen molar-refractivity contribution in [2.45, 2.75) is 0 Å². The van der Waals surface area contributed by atoms with Crippen molar-refractivity contribution in [2.75, 3.05) is 5.33 Å². The Kier molecular flexibility index (Phi) is 10.3. The molecule has 0 aromatic carbocycles. The van der Waals surface area contributed by atoms with Gasteiger partial charge in [-0.2, -0.15) is 0 Å². The molecule has 0 saturated heterocycles. The summed E-state index contributed by atoms with van der Waals surface area (Å²) in [6, 6.07) is 0. The molecule has 0 saturated carbocycles. The van der Waals surface area contributed by atoms with Gasteiger partial charge in [-0.15, -0.1) is 0 Å². The summed E-state index contributed by atoms with van der Waals surface area (Å²) in [5.74, 6) is -1.09. The minimum atomic E-state index is -0.838. The van der Waals surface area contributed by atoms with E-state index in [1.807, 2.05) is 0 Å². The van der Waals surface area contributed by atoms with Crippen LogP contribution in [-0.2, 0) is 9.59 Å². The number of halogens is 1. The molecule has 0 aromatic heterocycles. The normalized spacial score (nSPS) is 8.82. The molecule has 2 amide bonds. The topological polar surface area (TPSA) is 70.0 Å². The van der Waals surface area contributed by atoms with Gasteiger partial charge in [0.2, 0.25) is 5.91 Å². The zero-order chi connectivity index (χ0) is 7.98. The molecule has 2 N–H and O–H groups in total. The smallest absolute Gasteiger partial charge is 0.664 e. The fraction of sp³-hybridized carbons (Fsp3) is 0.200. The van der Waals surface area contributed by atoms with E-state index in [9.17, 15) is 9.59 Å². The molecule has 0 unspecified atom stereocenters. The number of amides is 2. The van der Waals surface area contributed by atoms with Crippen LogP contribution in [0.2, 0.25) is 0 Å². The van der Waals surface area contributed by atoms with Gasteiger partial charge in [-0.25, -0.2) is 0 Å². The van der Waals surface area contributed by atoms with Gasteiger partial charge < -0.3 is 15.8 Å². The second-order valence-corrected chi connectivity index (χ2v) is 1.96. The summed E-state index contributed by atoms with van der Waals surface area (Å²) in [4.78, 5) is 20.3. The van der Waals surface area contributed by atoms with Gasteiger partial charge in [0.25, 0.3) is 0 Å². The molecule has 0 rings (SSSR count). The Balaban J connectivity index is 0. The quantitative estimate of drug-likeness (QED) is 0.333. The monoisotopic (exact) mass is 228 g/mol. The zero-order valence-corrected chi connectivity index (χ0v) is 9.64. The Bertz CT molecular complexity index is 172. The number of alkyl halides is 1. The summed E-state index contributed by atoms with van der Waals surface area (Å²) >= 11 is 2.90. The molecule has 11 heavy (non-hydrogen) atoms. The fourth-order valence-corrected chi connectivity index (χ4v) is 0.411. The fourth-order valence-electron chi connectivity index (χ4n) is 0.249. The number of rotatable bonds is 3. The molecule has 6 heteroatoms. The Morgan fingerprint density at radius 2 is 2.09 bits per heavy atom. The van der Waals surface area contributed by atoms with Crippen molar-refractivity contribution in [3.63, 3.8) is 0 Å². The summed E-state index contributed by atoms with van der Waals surface area (Å²) in [6.45, 7) is 0. The minimum absolute atomic E-state index is 0. The van der Waals surface area contributed by atoms with Crippen LogP contribution in [0, 0.1) is 0 Å². The maximum Gasteiger partial charge on any atom is 1.00 e. The number of carbonyl (C=O) groups excluding carboxylic acids is 2. The van der Waals surface area contributed by atoms with Gasteiger partial charge in [-0.05, 0) is 6.08 Å². The Hall–Kier alpha value is 0.160. The Morgan fingerprint density at radius 1 is 1.55 bits per heavy atom. The van der Waals surface area contributed by atoms with Crippen LogP contribution in [0.1, 0.15) is 0 Å². The number of hydrogen-bond donors (Lipinski definition) is 1. The van der Waals surface area contributed by atoms with E-state index in [4.69, 9.17) is 5.73 Å². The molecule has 0 aliphatic heterocycles. The van der Waals surface area contributed by atoms with Crippen molar-refractivity contribution < 1.29 is 39.1 Å². The van der Waals surface area contributed by atoms with Gasteiger partial charge in [0, 0.05) is 6.20 Å². The number of nitrogens with one attached hydrogen (secondary N) is 2. The summed E-state index contributed by atoms with van der Waals surface area (Å²) in [5, 5.41) is 2.44. The second-order valence-electron chi connectivity index (χ2n) is 1.40. The van der Waals surface area contributed by atoms with E-state index in [0.717, 1.165) is 12.3 Å². The van der Waals surface area contributed by atoms with Crippen LogP contribution >= 0.6 is 15.9 Å². The van der Waals surface area contributed by atoms with E-state index in [1.165, 1.54) is 0 Å². The predicted octanol–water partition coefficient (Wildman–Crippen LogP) is -2.41. The first-order valence-corrected chi connectivity index (χ1v) is 3.56. The first-order chi connectivity index (χ1) is 4.66. The van der Waals surface area contributed by atoms with Gasteiger partial charge >= 0.3 is 29.6 Å². The van der Waals surface area contributed by atoms with Gasteiger partial charge in [0.15, 0.2) is 0 Å². The summed E-state index contributed by atoms with van der Waals surface area (Å²) in [5.41, 5.74) is 6.39. The molecule has 0 spiro atoms. The summed E-state index contributed by atoms with van der Waals surface area (Å²) in [7, 11) is 0. The van der Waals surface area contributed by atoms with Crippen molar-refractivity contribution >= 4 is 27.7 Å². The zero-order valence-electron chi connectivity index (χ0n) is 6.06. The molecular formula is C5H6BrN2NaO2. The Morgan fingerprint density at radius 3 is 2.45 bits per heavy atom. The first-order valence-electron chi connectivity index (χ1n) is 2.44. The molecule has 0 heterocycles. The van der Waals surface area contributed by atoms with Gasteiger partial charge in [-0.3, -0.25) is 4.79 Å². The number of carbonyl (C=O) groups is 2. The van der Waals surface area contributed by atoms with E-state index < -0.39 is 5.91 Å². The third kappa shape index (κ3) is 10.2. The van der Waals surface area contributed by atoms with E-state index in [0.29, 0.717) is 0 Å². The second kappa shape index (κ2) is 8.26. The molecule has 0 aromatic rings. The molecule has 56 valence electrons. The van der Waals surface area contributed by atoms with E-state index >= 15 is 0 Å². The van der Waals surface area contributed by atoms with Crippen LogP contribution in [0.15, 0.2) is 12.3 Å². The largest absolute Gasteiger partial charge is 1.00 e. The summed E-state index contributed by atoms with van der Waals surface area (Å²) in [6.07, 6.45) is 2.10. The van der Waals surface area contributed by atoms with Crippen LogP contribution < -0.4 is 34.9 Å². The van der Waals surface area contributed by atoms with E-state index in [-0.39, 0.29) is 40.8 Å². The molecular weight excluding hydrogens is 223 g/mol. The maximum atomic E-state index is 10.4.